The summed E-state index contributed by atoms with van der Waals surface area (Å²) in [6, 6.07) is 5.31. The number of rotatable bonds is 2. The summed E-state index contributed by atoms with van der Waals surface area (Å²) in [6.45, 7) is 5.48. The number of hydrogen-bond donors (Lipinski definition) is 1. The molecule has 2 unspecified atom stereocenters. The number of ketones is 1. The Morgan fingerprint density at radius 1 is 1.42 bits per heavy atom. The Kier molecular flexibility index (Phi) is 2.63. The highest BCUT2D eigenvalue weighted by atomic mass is 16.1. The van der Waals surface area contributed by atoms with E-state index in [1.807, 2.05) is 18.2 Å². The molecule has 1 N–H and O–H groups in total. The van der Waals surface area contributed by atoms with Crippen molar-refractivity contribution in [2.24, 2.45) is 5.92 Å². The van der Waals surface area contributed by atoms with Crippen molar-refractivity contribution in [2.75, 3.05) is 5.32 Å². The monoisotopic (exact) mass is 255 g/mol. The summed E-state index contributed by atoms with van der Waals surface area (Å²) in [7, 11) is 0. The SMILES string of the molecule is C=C1Nc2ncnn2C(c2ccccn2)C1C(C)=O. The average Bonchev–Trinajstić information content (AvgIpc) is 2.85. The van der Waals surface area contributed by atoms with Crippen molar-refractivity contribution in [3.63, 3.8) is 0 Å². The van der Waals surface area contributed by atoms with E-state index in [2.05, 4.69) is 27.0 Å². The number of carbonyl (C=O) groups is 1. The summed E-state index contributed by atoms with van der Waals surface area (Å²) >= 11 is 0. The van der Waals surface area contributed by atoms with Gasteiger partial charge in [-0.2, -0.15) is 10.1 Å². The maximum Gasteiger partial charge on any atom is 0.226 e. The average molecular weight is 255 g/mol. The molecule has 1 aliphatic rings. The van der Waals surface area contributed by atoms with Crippen LogP contribution in [0, 0.1) is 5.92 Å². The maximum atomic E-state index is 11.9. The lowest BCUT2D eigenvalue weighted by atomic mass is 9.89. The third kappa shape index (κ3) is 1.81. The van der Waals surface area contributed by atoms with Gasteiger partial charge >= 0.3 is 0 Å². The molecule has 0 aromatic carbocycles. The molecule has 0 aliphatic carbocycles. The van der Waals surface area contributed by atoms with Crippen molar-refractivity contribution < 1.29 is 4.79 Å². The maximum absolute atomic E-state index is 11.9. The van der Waals surface area contributed by atoms with E-state index in [1.165, 1.54) is 6.33 Å². The Balaban J connectivity index is 2.17. The number of hydrogen-bond acceptors (Lipinski definition) is 5. The first kappa shape index (κ1) is 11.6. The number of allylic oxidation sites excluding steroid dienone is 1. The van der Waals surface area contributed by atoms with Crippen LogP contribution >= 0.6 is 0 Å². The molecule has 0 saturated heterocycles. The summed E-state index contributed by atoms with van der Waals surface area (Å²) in [5.74, 6) is 0.205. The zero-order valence-corrected chi connectivity index (χ0v) is 10.4. The van der Waals surface area contributed by atoms with Crippen molar-refractivity contribution >= 4 is 11.7 Å². The van der Waals surface area contributed by atoms with Crippen molar-refractivity contribution in [3.8, 4) is 0 Å². The first-order valence-corrected chi connectivity index (χ1v) is 5.95. The number of anilines is 1. The van der Waals surface area contributed by atoms with Gasteiger partial charge in [0.25, 0.3) is 0 Å². The smallest absolute Gasteiger partial charge is 0.226 e. The Hall–Kier alpha value is -2.50. The predicted molar refractivity (Wildman–Crippen MR) is 69.3 cm³/mol. The molecule has 2 aromatic rings. The molecule has 6 nitrogen and oxygen atoms in total. The number of pyridine rings is 1. The number of aromatic nitrogens is 4. The molecule has 6 heteroatoms. The number of carbonyl (C=O) groups excluding carboxylic acids is 1. The molecular weight excluding hydrogens is 242 g/mol. The van der Waals surface area contributed by atoms with Gasteiger partial charge in [-0.3, -0.25) is 9.78 Å². The van der Waals surface area contributed by atoms with Gasteiger partial charge in [-0.1, -0.05) is 12.6 Å². The van der Waals surface area contributed by atoms with E-state index < -0.39 is 5.92 Å². The molecule has 19 heavy (non-hydrogen) atoms. The molecule has 0 fully saturated rings. The van der Waals surface area contributed by atoms with E-state index in [1.54, 1.807) is 17.8 Å². The van der Waals surface area contributed by atoms with Gasteiger partial charge in [0.1, 0.15) is 18.2 Å². The van der Waals surface area contributed by atoms with Crippen LogP contribution in [-0.4, -0.2) is 25.5 Å². The summed E-state index contributed by atoms with van der Waals surface area (Å²) in [4.78, 5) is 20.4. The minimum atomic E-state index is -0.399. The zero-order valence-electron chi connectivity index (χ0n) is 10.4. The summed E-state index contributed by atoms with van der Waals surface area (Å²) in [5, 5.41) is 7.21. The fraction of sp³-hybridized carbons (Fsp3) is 0.231. The highest BCUT2D eigenvalue weighted by molar-refractivity contribution is 5.83. The molecule has 0 saturated carbocycles. The van der Waals surface area contributed by atoms with Crippen LogP contribution in [0.3, 0.4) is 0 Å². The van der Waals surface area contributed by atoms with Crippen molar-refractivity contribution in [1.82, 2.24) is 19.7 Å². The summed E-state index contributed by atoms with van der Waals surface area (Å²) in [6.07, 6.45) is 3.15. The van der Waals surface area contributed by atoms with Crippen LogP contribution in [-0.2, 0) is 4.79 Å². The Bertz CT molecular complexity index is 633. The van der Waals surface area contributed by atoms with Crippen LogP contribution in [0.15, 0.2) is 43.0 Å². The molecule has 0 bridgehead atoms. The van der Waals surface area contributed by atoms with Crippen molar-refractivity contribution in [2.45, 2.75) is 13.0 Å². The van der Waals surface area contributed by atoms with Gasteiger partial charge in [0.05, 0.1) is 11.6 Å². The van der Waals surface area contributed by atoms with Gasteiger partial charge < -0.3 is 5.32 Å². The normalized spacial score (nSPS) is 21.6. The van der Waals surface area contributed by atoms with Crippen LogP contribution < -0.4 is 5.32 Å². The van der Waals surface area contributed by atoms with Crippen LogP contribution in [0.1, 0.15) is 18.7 Å². The molecule has 3 rings (SSSR count). The van der Waals surface area contributed by atoms with Gasteiger partial charge in [0.15, 0.2) is 0 Å². The van der Waals surface area contributed by atoms with Gasteiger partial charge in [0, 0.05) is 11.9 Å². The lowest BCUT2D eigenvalue weighted by molar-refractivity contribution is -0.120. The van der Waals surface area contributed by atoms with E-state index in [-0.39, 0.29) is 11.8 Å². The highest BCUT2D eigenvalue weighted by Crippen LogP contribution is 2.36. The number of Topliss-reactive ketones (excluding diaryl/α,β-unsaturated/α-hetero) is 1. The lowest BCUT2D eigenvalue weighted by Gasteiger charge is -2.32. The molecule has 3 heterocycles. The highest BCUT2D eigenvalue weighted by Gasteiger charge is 2.38. The Labute approximate surface area is 110 Å². The Morgan fingerprint density at radius 2 is 2.26 bits per heavy atom. The standard InChI is InChI=1S/C13H13N5O/c1-8-11(9(2)19)12(10-5-3-4-6-14-10)18-13(17-8)15-7-16-18/h3-7,11-12H,1H2,2H3,(H,15,16,17). The third-order valence-electron chi connectivity index (χ3n) is 3.23. The molecular formula is C13H13N5O. The van der Waals surface area contributed by atoms with Gasteiger partial charge in [-0.25, -0.2) is 4.68 Å². The van der Waals surface area contributed by atoms with E-state index in [9.17, 15) is 4.79 Å². The molecule has 2 aromatic heterocycles. The van der Waals surface area contributed by atoms with E-state index in [0.717, 1.165) is 5.69 Å². The van der Waals surface area contributed by atoms with Gasteiger partial charge in [0.2, 0.25) is 5.95 Å². The predicted octanol–water partition coefficient (Wildman–Crippen LogP) is 1.41. The van der Waals surface area contributed by atoms with Gasteiger partial charge in [-0.05, 0) is 19.1 Å². The van der Waals surface area contributed by atoms with Crippen LogP contribution in [0.5, 0.6) is 0 Å². The van der Waals surface area contributed by atoms with Crippen LogP contribution in [0.2, 0.25) is 0 Å². The molecule has 1 aliphatic heterocycles. The van der Waals surface area contributed by atoms with Crippen LogP contribution in [0.25, 0.3) is 0 Å². The topological polar surface area (TPSA) is 72.7 Å². The van der Waals surface area contributed by atoms with Crippen molar-refractivity contribution in [1.29, 1.82) is 0 Å². The first-order valence-electron chi connectivity index (χ1n) is 5.95. The second-order valence-corrected chi connectivity index (χ2v) is 4.47. The first-order chi connectivity index (χ1) is 9.18. The lowest BCUT2D eigenvalue weighted by Crippen LogP contribution is -2.36. The van der Waals surface area contributed by atoms with Crippen molar-refractivity contribution in [3.05, 3.63) is 48.7 Å². The molecule has 96 valence electrons. The molecule has 0 radical (unpaired) electrons. The quantitative estimate of drug-likeness (QED) is 0.878. The fourth-order valence-electron chi connectivity index (χ4n) is 2.41. The minimum Gasteiger partial charge on any atom is -0.328 e. The number of nitrogens with one attached hydrogen (secondary N) is 1. The second-order valence-electron chi connectivity index (χ2n) is 4.47. The number of nitrogens with zero attached hydrogens (tertiary/aromatic N) is 4. The Morgan fingerprint density at radius 3 is 2.95 bits per heavy atom. The van der Waals surface area contributed by atoms with E-state index in [0.29, 0.717) is 11.6 Å². The largest absolute Gasteiger partial charge is 0.328 e. The van der Waals surface area contributed by atoms with Gasteiger partial charge in [-0.15, -0.1) is 0 Å². The summed E-state index contributed by atoms with van der Waals surface area (Å²) in [5.41, 5.74) is 1.40. The zero-order chi connectivity index (χ0) is 13.4. The van der Waals surface area contributed by atoms with Crippen LogP contribution in [0.4, 0.5) is 5.95 Å². The second kappa shape index (κ2) is 4.31. The minimum absolute atomic E-state index is 0.0225. The third-order valence-corrected chi connectivity index (χ3v) is 3.23. The molecule has 0 spiro atoms. The summed E-state index contributed by atoms with van der Waals surface area (Å²) < 4.78 is 1.68. The van der Waals surface area contributed by atoms with E-state index in [4.69, 9.17) is 0 Å². The molecule has 2 atom stereocenters. The molecule has 0 amide bonds. The fourth-order valence-corrected chi connectivity index (χ4v) is 2.41. The number of fused-ring (bicyclic) bond motifs is 1. The van der Waals surface area contributed by atoms with E-state index >= 15 is 0 Å².